The van der Waals surface area contributed by atoms with Gasteiger partial charge in [-0.3, -0.25) is 9.59 Å². The quantitative estimate of drug-likeness (QED) is 0.0195. The molecule has 90 heavy (non-hydrogen) atoms. The van der Waals surface area contributed by atoms with Gasteiger partial charge in [-0.15, -0.1) is 0 Å². The van der Waals surface area contributed by atoms with E-state index in [1.807, 2.05) is 6.08 Å². The standard InChI is InChI=1S/C79H147NO10/c1-4-7-10-13-16-19-22-25-27-29-31-33-35-36-37-39-40-42-44-46-48-51-54-57-60-63-66-72(83)78(87)80-70(71(82)65-62-59-56-53-50-24-21-18-15-12-9-6-3)69-88-79-77(76(86)75(85)73(68-81)89-79)90-74(84)67-64-61-58-55-52-49-47-45-43-41-38-34-32-30-28-26-23-20-17-14-11-8-5-2/h17,20,25-28,62,65,70-73,75-77,79,81-83,85-86H,4-16,18-19,21-24,29-61,63-64,66-69H2,1-3H3,(H,80,87)/b20-17-,27-25+,28-26-,65-62+. The molecule has 0 aromatic rings. The van der Waals surface area contributed by atoms with E-state index in [1.165, 1.54) is 270 Å². The first-order chi connectivity index (χ1) is 44.2. The second-order valence-electron chi connectivity index (χ2n) is 27.1. The van der Waals surface area contributed by atoms with E-state index in [2.05, 4.69) is 62.5 Å². The van der Waals surface area contributed by atoms with E-state index in [0.717, 1.165) is 64.2 Å². The monoisotopic (exact) mass is 1270 g/mol. The van der Waals surface area contributed by atoms with Crippen LogP contribution in [0.2, 0.25) is 0 Å². The molecule has 11 heteroatoms. The van der Waals surface area contributed by atoms with Crippen LogP contribution in [0.5, 0.6) is 0 Å². The topological polar surface area (TPSA) is 175 Å². The zero-order chi connectivity index (χ0) is 65.3. The van der Waals surface area contributed by atoms with Crippen molar-refractivity contribution in [3.8, 4) is 0 Å². The smallest absolute Gasteiger partial charge is 0.306 e. The number of unbranched alkanes of at least 4 members (excludes halogenated alkanes) is 48. The van der Waals surface area contributed by atoms with Crippen molar-refractivity contribution in [3.63, 3.8) is 0 Å². The number of hydrogen-bond acceptors (Lipinski definition) is 10. The normalized spacial score (nSPS) is 18.2. The minimum Gasteiger partial charge on any atom is -0.454 e. The fraction of sp³-hybridized carbons (Fsp3) is 0.873. The molecule has 0 radical (unpaired) electrons. The number of ether oxygens (including phenoxy) is 3. The summed E-state index contributed by atoms with van der Waals surface area (Å²) in [6.07, 6.45) is 74.5. The summed E-state index contributed by atoms with van der Waals surface area (Å²) in [7, 11) is 0. The van der Waals surface area contributed by atoms with Crippen LogP contribution < -0.4 is 5.32 Å². The van der Waals surface area contributed by atoms with Crippen molar-refractivity contribution in [1.29, 1.82) is 0 Å². The van der Waals surface area contributed by atoms with Crippen molar-refractivity contribution < 1.29 is 49.3 Å². The first kappa shape index (κ1) is 85.6. The van der Waals surface area contributed by atoms with Gasteiger partial charge < -0.3 is 45.1 Å². The van der Waals surface area contributed by atoms with E-state index in [0.29, 0.717) is 19.3 Å². The van der Waals surface area contributed by atoms with Crippen LogP contribution in [0.15, 0.2) is 48.6 Å². The summed E-state index contributed by atoms with van der Waals surface area (Å²) < 4.78 is 17.7. The van der Waals surface area contributed by atoms with Crippen molar-refractivity contribution >= 4 is 11.9 Å². The fourth-order valence-corrected chi connectivity index (χ4v) is 12.3. The number of allylic oxidation sites excluding steroid dienone is 7. The number of nitrogens with one attached hydrogen (secondary N) is 1. The molecule has 11 nitrogen and oxygen atoms in total. The molecule has 1 saturated heterocycles. The highest BCUT2D eigenvalue weighted by atomic mass is 16.7. The molecule has 1 aliphatic heterocycles. The number of aliphatic hydroxyl groups excluding tert-OH is 5. The molecule has 1 rings (SSSR count). The van der Waals surface area contributed by atoms with Crippen LogP contribution in [0.1, 0.15) is 380 Å². The van der Waals surface area contributed by atoms with Crippen LogP contribution in [0, 0.1) is 0 Å². The van der Waals surface area contributed by atoms with E-state index in [-0.39, 0.29) is 13.0 Å². The van der Waals surface area contributed by atoms with Crippen molar-refractivity contribution in [3.05, 3.63) is 48.6 Å². The Morgan fingerprint density at radius 3 is 1.17 bits per heavy atom. The van der Waals surface area contributed by atoms with Gasteiger partial charge in [0.25, 0.3) is 0 Å². The summed E-state index contributed by atoms with van der Waals surface area (Å²) in [4.78, 5) is 26.7. The third-order valence-corrected chi connectivity index (χ3v) is 18.5. The average molecular weight is 1270 g/mol. The van der Waals surface area contributed by atoms with Crippen LogP contribution in [0.4, 0.5) is 0 Å². The van der Waals surface area contributed by atoms with Gasteiger partial charge in [-0.25, -0.2) is 0 Å². The molecule has 1 heterocycles. The third kappa shape index (κ3) is 52.9. The van der Waals surface area contributed by atoms with Crippen LogP contribution in [0.25, 0.3) is 0 Å². The number of carbonyl (C=O) groups is 2. The van der Waals surface area contributed by atoms with Crippen molar-refractivity contribution in [1.82, 2.24) is 5.32 Å². The lowest BCUT2D eigenvalue weighted by atomic mass is 9.99. The zero-order valence-electron chi connectivity index (χ0n) is 59.0. The molecule has 0 spiro atoms. The zero-order valence-corrected chi connectivity index (χ0v) is 59.0. The molecule has 0 aliphatic carbocycles. The summed E-state index contributed by atoms with van der Waals surface area (Å²) in [5.74, 6) is -1.18. The number of hydrogen-bond donors (Lipinski definition) is 6. The molecule has 0 aromatic heterocycles. The summed E-state index contributed by atoms with van der Waals surface area (Å²) in [6.45, 7) is 5.82. The van der Waals surface area contributed by atoms with Crippen LogP contribution in [-0.4, -0.2) is 99.6 Å². The lowest BCUT2D eigenvalue weighted by molar-refractivity contribution is -0.305. The minimum atomic E-state index is -1.61. The highest BCUT2D eigenvalue weighted by Crippen LogP contribution is 2.27. The van der Waals surface area contributed by atoms with Gasteiger partial charge in [-0.05, 0) is 83.5 Å². The number of amides is 1. The first-order valence-corrected chi connectivity index (χ1v) is 38.9. The summed E-state index contributed by atoms with van der Waals surface area (Å²) >= 11 is 0. The lowest BCUT2D eigenvalue weighted by Crippen LogP contribution is -2.61. The van der Waals surface area contributed by atoms with Gasteiger partial charge in [0.15, 0.2) is 12.4 Å². The van der Waals surface area contributed by atoms with Crippen molar-refractivity contribution in [2.24, 2.45) is 0 Å². The third-order valence-electron chi connectivity index (χ3n) is 18.5. The van der Waals surface area contributed by atoms with Crippen molar-refractivity contribution in [2.75, 3.05) is 13.2 Å². The molecule has 0 aromatic carbocycles. The molecular formula is C79H147NO10. The number of aliphatic hydroxyl groups is 5. The molecule has 8 atom stereocenters. The van der Waals surface area contributed by atoms with Crippen LogP contribution >= 0.6 is 0 Å². The maximum absolute atomic E-state index is 13.5. The Kier molecular flexibility index (Phi) is 63.4. The Morgan fingerprint density at radius 2 is 0.767 bits per heavy atom. The van der Waals surface area contributed by atoms with E-state index >= 15 is 0 Å². The molecule has 0 bridgehead atoms. The molecule has 1 fully saturated rings. The van der Waals surface area contributed by atoms with Gasteiger partial charge in [0.05, 0.1) is 25.4 Å². The molecule has 1 aliphatic rings. The minimum absolute atomic E-state index is 0.125. The second kappa shape index (κ2) is 66.6. The van der Waals surface area contributed by atoms with E-state index in [4.69, 9.17) is 14.2 Å². The molecule has 1 amide bonds. The van der Waals surface area contributed by atoms with Gasteiger partial charge in [0.1, 0.15) is 24.4 Å². The number of carbonyl (C=O) groups excluding carboxylic acids is 2. The summed E-state index contributed by atoms with van der Waals surface area (Å²) in [5, 5.41) is 57.4. The SMILES string of the molecule is CCCCC/C=C\C/C=C\CCCCCCCCCCCCCCCC(=O)OC1C(OCC(NC(=O)C(O)CCCCCCCCCCCCCCCCCC/C=C/CCCCCCCC)C(O)/C=C/CCCCCCCCCCCC)OC(CO)C(O)C1O. The van der Waals surface area contributed by atoms with Gasteiger partial charge in [0.2, 0.25) is 5.91 Å². The Labute approximate surface area is 555 Å². The van der Waals surface area contributed by atoms with Crippen LogP contribution in [-0.2, 0) is 23.8 Å². The molecule has 0 saturated carbocycles. The summed E-state index contributed by atoms with van der Waals surface area (Å²) in [6, 6.07) is -1.02. The second-order valence-corrected chi connectivity index (χ2v) is 27.1. The van der Waals surface area contributed by atoms with Crippen molar-refractivity contribution in [2.45, 2.75) is 429 Å². The highest BCUT2D eigenvalue weighted by Gasteiger charge is 2.47. The Balaban J connectivity index is 2.50. The van der Waals surface area contributed by atoms with Gasteiger partial charge >= 0.3 is 5.97 Å². The molecule has 8 unspecified atom stereocenters. The van der Waals surface area contributed by atoms with E-state index in [9.17, 15) is 35.1 Å². The predicted molar refractivity (Wildman–Crippen MR) is 380 cm³/mol. The van der Waals surface area contributed by atoms with Gasteiger partial charge in [-0.1, -0.05) is 339 Å². The molecular weight excluding hydrogens is 1120 g/mol. The van der Waals surface area contributed by atoms with E-state index < -0.39 is 67.4 Å². The van der Waals surface area contributed by atoms with E-state index in [1.54, 1.807) is 6.08 Å². The first-order valence-electron chi connectivity index (χ1n) is 38.9. The number of esters is 1. The number of rotatable bonds is 68. The van der Waals surface area contributed by atoms with Gasteiger partial charge in [0, 0.05) is 6.42 Å². The van der Waals surface area contributed by atoms with Crippen LogP contribution in [0.3, 0.4) is 0 Å². The average Bonchev–Trinajstić information content (AvgIpc) is 3.11. The highest BCUT2D eigenvalue weighted by molar-refractivity contribution is 5.80. The lowest BCUT2D eigenvalue weighted by Gasteiger charge is -2.41. The maximum Gasteiger partial charge on any atom is 0.306 e. The molecule has 6 N–H and O–H groups in total. The Hall–Kier alpha value is -2.38. The Morgan fingerprint density at radius 1 is 0.433 bits per heavy atom. The fourth-order valence-electron chi connectivity index (χ4n) is 12.3. The summed E-state index contributed by atoms with van der Waals surface area (Å²) in [5.41, 5.74) is 0. The maximum atomic E-state index is 13.5. The Bertz CT molecular complexity index is 1650. The van der Waals surface area contributed by atoms with Gasteiger partial charge in [-0.2, -0.15) is 0 Å². The predicted octanol–water partition coefficient (Wildman–Crippen LogP) is 20.7. The largest absolute Gasteiger partial charge is 0.454 e. The molecule has 528 valence electrons.